The number of nitrogens with one attached hydrogen (secondary N) is 1. The van der Waals surface area contributed by atoms with Crippen LogP contribution >= 0.6 is 0 Å². The Hall–Kier alpha value is -2.63. The SMILES string of the molecule is Cc1cc(N[C@H]2C[C@H]3COc4ccccc4S(=O)(=O)N3C2)nc(C)c1C#N. The van der Waals surface area contributed by atoms with E-state index in [-0.39, 0.29) is 17.0 Å². The van der Waals surface area contributed by atoms with Crippen molar-refractivity contribution < 1.29 is 13.2 Å². The number of aromatic nitrogens is 1. The molecule has 0 aliphatic carbocycles. The van der Waals surface area contributed by atoms with Gasteiger partial charge in [-0.3, -0.25) is 0 Å². The van der Waals surface area contributed by atoms with Gasteiger partial charge in [-0.15, -0.1) is 0 Å². The minimum Gasteiger partial charge on any atom is -0.490 e. The standard InChI is InChI=1S/C19H20N4O3S/c1-12-7-19(21-13(2)16(12)9-20)22-14-8-15-11-26-17-5-3-4-6-18(17)27(24,25)23(15)10-14/h3-7,14-15H,8,10-11H2,1-2H3,(H,21,22)/t14-,15-/m0/s1. The Morgan fingerprint density at radius 1 is 1.33 bits per heavy atom. The molecule has 0 amide bonds. The van der Waals surface area contributed by atoms with Crippen LogP contribution in [0.5, 0.6) is 5.75 Å². The molecule has 0 saturated carbocycles. The van der Waals surface area contributed by atoms with Crippen LogP contribution in [0.1, 0.15) is 23.2 Å². The molecule has 1 aromatic carbocycles. The van der Waals surface area contributed by atoms with Crippen molar-refractivity contribution in [3.63, 3.8) is 0 Å². The number of rotatable bonds is 2. The second kappa shape index (κ2) is 6.51. The van der Waals surface area contributed by atoms with E-state index < -0.39 is 10.0 Å². The van der Waals surface area contributed by atoms with Crippen LogP contribution in [0.3, 0.4) is 0 Å². The van der Waals surface area contributed by atoms with E-state index >= 15 is 0 Å². The number of sulfonamides is 1. The van der Waals surface area contributed by atoms with Crippen molar-refractivity contribution in [1.82, 2.24) is 9.29 Å². The van der Waals surface area contributed by atoms with Gasteiger partial charge in [0.2, 0.25) is 10.0 Å². The second-order valence-corrected chi connectivity index (χ2v) is 8.82. The summed E-state index contributed by atoms with van der Waals surface area (Å²) in [7, 11) is -3.60. The summed E-state index contributed by atoms with van der Waals surface area (Å²) >= 11 is 0. The third kappa shape index (κ3) is 3.03. The highest BCUT2D eigenvalue weighted by atomic mass is 32.2. The molecule has 2 aromatic rings. The monoisotopic (exact) mass is 384 g/mol. The number of benzene rings is 1. The Labute approximate surface area is 158 Å². The number of ether oxygens (including phenoxy) is 1. The number of anilines is 1. The lowest BCUT2D eigenvalue weighted by Gasteiger charge is -2.19. The summed E-state index contributed by atoms with van der Waals surface area (Å²) in [5, 5.41) is 12.5. The molecular weight excluding hydrogens is 364 g/mol. The van der Waals surface area contributed by atoms with Crippen LogP contribution in [0, 0.1) is 25.2 Å². The Kier molecular flexibility index (Phi) is 4.29. The van der Waals surface area contributed by atoms with Gasteiger partial charge in [0.05, 0.1) is 17.3 Å². The molecule has 2 aliphatic rings. The maximum absolute atomic E-state index is 13.1. The van der Waals surface area contributed by atoms with Crippen LogP contribution < -0.4 is 10.1 Å². The number of hydrogen-bond acceptors (Lipinski definition) is 6. The summed E-state index contributed by atoms with van der Waals surface area (Å²) in [5.41, 5.74) is 2.09. The van der Waals surface area contributed by atoms with Gasteiger partial charge in [0.15, 0.2) is 0 Å². The number of fused-ring (bicyclic) bond motifs is 2. The second-order valence-electron chi connectivity index (χ2n) is 6.96. The van der Waals surface area contributed by atoms with Gasteiger partial charge >= 0.3 is 0 Å². The smallest absolute Gasteiger partial charge is 0.247 e. The molecule has 8 heteroatoms. The minimum absolute atomic E-state index is 0.0714. The van der Waals surface area contributed by atoms with Crippen LogP contribution in [0.25, 0.3) is 0 Å². The first kappa shape index (κ1) is 17.8. The topological polar surface area (TPSA) is 95.3 Å². The van der Waals surface area contributed by atoms with Crippen molar-refractivity contribution in [2.24, 2.45) is 0 Å². The quantitative estimate of drug-likeness (QED) is 0.853. The summed E-state index contributed by atoms with van der Waals surface area (Å²) in [6, 6.07) is 10.5. The predicted octanol–water partition coefficient (Wildman–Crippen LogP) is 2.21. The van der Waals surface area contributed by atoms with Gasteiger partial charge in [-0.25, -0.2) is 13.4 Å². The number of nitriles is 1. The zero-order valence-corrected chi connectivity index (χ0v) is 16.0. The molecule has 1 saturated heterocycles. The van der Waals surface area contributed by atoms with E-state index in [4.69, 9.17) is 4.74 Å². The molecule has 1 aromatic heterocycles. The highest BCUT2D eigenvalue weighted by molar-refractivity contribution is 7.89. The Morgan fingerprint density at radius 2 is 2.11 bits per heavy atom. The van der Waals surface area contributed by atoms with E-state index in [1.54, 1.807) is 31.2 Å². The van der Waals surface area contributed by atoms with E-state index in [2.05, 4.69) is 16.4 Å². The van der Waals surface area contributed by atoms with E-state index in [0.717, 1.165) is 5.56 Å². The summed E-state index contributed by atoms with van der Waals surface area (Å²) in [6.07, 6.45) is 0.632. The van der Waals surface area contributed by atoms with Crippen LogP contribution in [-0.4, -0.2) is 42.9 Å². The van der Waals surface area contributed by atoms with Crippen molar-refractivity contribution in [1.29, 1.82) is 5.26 Å². The highest BCUT2D eigenvalue weighted by Gasteiger charge is 2.43. The normalized spacial score (nSPS) is 23.4. The number of hydrogen-bond donors (Lipinski definition) is 1. The predicted molar refractivity (Wildman–Crippen MR) is 100 cm³/mol. The molecule has 4 rings (SSSR count). The summed E-state index contributed by atoms with van der Waals surface area (Å²) in [4.78, 5) is 4.66. The fourth-order valence-electron chi connectivity index (χ4n) is 3.82. The van der Waals surface area contributed by atoms with Crippen LogP contribution in [0.4, 0.5) is 5.82 Å². The molecule has 3 heterocycles. The Morgan fingerprint density at radius 3 is 2.85 bits per heavy atom. The molecule has 0 bridgehead atoms. The van der Waals surface area contributed by atoms with Gasteiger partial charge in [0.1, 0.15) is 29.1 Å². The lowest BCUT2D eigenvalue weighted by atomic mass is 10.1. The third-order valence-electron chi connectivity index (χ3n) is 5.09. The molecule has 0 spiro atoms. The lowest BCUT2D eigenvalue weighted by Crippen LogP contribution is -2.37. The van der Waals surface area contributed by atoms with Gasteiger partial charge < -0.3 is 10.1 Å². The Balaban J connectivity index is 1.59. The molecule has 7 nitrogen and oxygen atoms in total. The van der Waals surface area contributed by atoms with Crippen molar-refractivity contribution in [3.05, 3.63) is 47.2 Å². The number of aryl methyl sites for hydroxylation is 2. The molecular formula is C19H20N4O3S. The maximum atomic E-state index is 13.1. The first-order valence-electron chi connectivity index (χ1n) is 8.78. The first-order valence-corrected chi connectivity index (χ1v) is 10.2. The number of nitrogens with zero attached hydrogens (tertiary/aromatic N) is 3. The molecule has 27 heavy (non-hydrogen) atoms. The van der Waals surface area contributed by atoms with Crippen molar-refractivity contribution >= 4 is 15.8 Å². The van der Waals surface area contributed by atoms with E-state index in [0.29, 0.717) is 42.4 Å². The minimum atomic E-state index is -3.60. The highest BCUT2D eigenvalue weighted by Crippen LogP contribution is 2.35. The lowest BCUT2D eigenvalue weighted by molar-refractivity contribution is 0.240. The first-order chi connectivity index (χ1) is 12.9. The van der Waals surface area contributed by atoms with E-state index in [1.807, 2.05) is 13.0 Å². The third-order valence-corrected chi connectivity index (χ3v) is 7.05. The van der Waals surface area contributed by atoms with Gasteiger partial charge in [-0.2, -0.15) is 9.57 Å². The fraction of sp³-hybridized carbons (Fsp3) is 0.368. The average molecular weight is 384 g/mol. The van der Waals surface area contributed by atoms with Gasteiger partial charge in [0, 0.05) is 12.6 Å². The van der Waals surface area contributed by atoms with Gasteiger partial charge in [0.25, 0.3) is 0 Å². The van der Waals surface area contributed by atoms with E-state index in [9.17, 15) is 13.7 Å². The van der Waals surface area contributed by atoms with Crippen molar-refractivity contribution in [3.8, 4) is 11.8 Å². The van der Waals surface area contributed by atoms with Crippen LogP contribution in [0.2, 0.25) is 0 Å². The molecule has 2 atom stereocenters. The summed E-state index contributed by atoms with van der Waals surface area (Å²) in [6.45, 7) is 4.35. The fourth-order valence-corrected chi connectivity index (χ4v) is 5.62. The molecule has 1 fully saturated rings. The number of para-hydroxylation sites is 1. The van der Waals surface area contributed by atoms with Gasteiger partial charge in [-0.05, 0) is 44.0 Å². The Bertz CT molecular complexity index is 1020. The zero-order chi connectivity index (χ0) is 19.2. The van der Waals surface area contributed by atoms with Crippen molar-refractivity contribution in [2.45, 2.75) is 37.2 Å². The molecule has 0 radical (unpaired) electrons. The molecule has 0 unspecified atom stereocenters. The largest absolute Gasteiger partial charge is 0.490 e. The maximum Gasteiger partial charge on any atom is 0.247 e. The van der Waals surface area contributed by atoms with Gasteiger partial charge in [-0.1, -0.05) is 12.1 Å². The summed E-state index contributed by atoms with van der Waals surface area (Å²) < 4.78 is 33.4. The molecule has 2 aliphatic heterocycles. The number of pyridine rings is 1. The molecule has 140 valence electrons. The van der Waals surface area contributed by atoms with Crippen molar-refractivity contribution in [2.75, 3.05) is 18.5 Å². The molecule has 1 N–H and O–H groups in total. The van der Waals surface area contributed by atoms with Crippen LogP contribution in [-0.2, 0) is 10.0 Å². The van der Waals surface area contributed by atoms with Crippen LogP contribution in [0.15, 0.2) is 35.2 Å². The summed E-state index contributed by atoms with van der Waals surface area (Å²) in [5.74, 6) is 1.07. The van der Waals surface area contributed by atoms with E-state index in [1.165, 1.54) is 4.31 Å². The average Bonchev–Trinajstić information content (AvgIpc) is 2.99. The zero-order valence-electron chi connectivity index (χ0n) is 15.1.